The van der Waals surface area contributed by atoms with Gasteiger partial charge in [0.2, 0.25) is 0 Å². The Labute approximate surface area is 64.6 Å². The molecule has 0 aliphatic carbocycles. The van der Waals surface area contributed by atoms with Crippen molar-refractivity contribution >= 4 is 19.1 Å². The first-order chi connectivity index (χ1) is 3.83. The van der Waals surface area contributed by atoms with Gasteiger partial charge in [-0.05, 0) is 0 Å². The second-order valence-corrected chi connectivity index (χ2v) is 3.10. The molecule has 0 aliphatic rings. The fraction of sp³-hybridized carbons (Fsp3) is 1.00. The van der Waals surface area contributed by atoms with E-state index in [1.165, 1.54) is 0 Å². The fourth-order valence-corrected chi connectivity index (χ4v) is 0.0645. The topological polar surface area (TPSA) is 58.3 Å². The molecule has 0 aromatic heterocycles. The van der Waals surface area contributed by atoms with Crippen molar-refractivity contribution in [2.75, 3.05) is 13.1 Å². The molecule has 0 atom stereocenters. The Balaban J connectivity index is 0. The van der Waals surface area contributed by atoms with Crippen LogP contribution < -0.4 is 11.2 Å². The van der Waals surface area contributed by atoms with Gasteiger partial charge >= 0.3 is 35.0 Å². The molecule has 4 N–H and O–H groups in total. The molecule has 0 heterocycles. The van der Waals surface area contributed by atoms with E-state index < -0.39 is 0 Å². The molecule has 0 bridgehead atoms. The number of halogens is 2. The van der Waals surface area contributed by atoms with Gasteiger partial charge < -0.3 is 10.9 Å². The maximum atomic E-state index is 7.74. The van der Waals surface area contributed by atoms with E-state index in [0.717, 1.165) is 0 Å². The Morgan fingerprint density at radius 3 is 2.00 bits per heavy atom. The normalized spacial score (nSPS) is 8.00. The first-order valence-electron chi connectivity index (χ1n) is 1.72. The van der Waals surface area contributed by atoms with E-state index in [1.54, 1.807) is 0 Å². The van der Waals surface area contributed by atoms with Gasteiger partial charge in [0, 0.05) is 13.1 Å². The Bertz CT molecular complexity index is 32.0. The van der Waals surface area contributed by atoms with Crippen molar-refractivity contribution < 1.29 is 21.1 Å². The molecule has 8 heavy (non-hydrogen) atoms. The van der Waals surface area contributed by atoms with E-state index in [4.69, 9.17) is 30.0 Å². The van der Waals surface area contributed by atoms with Crippen molar-refractivity contribution in [1.29, 1.82) is 0 Å². The third kappa shape index (κ3) is 27.4. The molecule has 0 radical (unpaired) electrons. The first kappa shape index (κ1) is 11.9. The van der Waals surface area contributed by atoms with Crippen molar-refractivity contribution in [3.8, 4) is 0 Å². The molecule has 0 fully saturated rings. The molecular formula is C2H8Cl2N2OPd. The second kappa shape index (κ2) is 15.7. The van der Waals surface area contributed by atoms with Crippen molar-refractivity contribution in [1.82, 2.24) is 5.48 Å². The number of rotatable bonds is 2. The standard InChI is InChI=1S/C2H8N2O.2ClH.Pd/c3-1-2-4-5;;;/h4-5H,1-3H2;2*1H;/q;;;+2/p-2. The number of nitrogens with one attached hydrogen (secondary N) is 1. The molecular weight excluding hydrogens is 245 g/mol. The number of hydroxylamine groups is 1. The van der Waals surface area contributed by atoms with Crippen LogP contribution in [0.2, 0.25) is 0 Å². The van der Waals surface area contributed by atoms with Gasteiger partial charge in [0.15, 0.2) is 0 Å². The van der Waals surface area contributed by atoms with E-state index >= 15 is 0 Å². The first-order valence-corrected chi connectivity index (χ1v) is 5.73. The van der Waals surface area contributed by atoms with E-state index in [9.17, 15) is 0 Å². The maximum absolute atomic E-state index is 7.74. The summed E-state index contributed by atoms with van der Waals surface area (Å²) in [5.41, 5.74) is 6.81. The summed E-state index contributed by atoms with van der Waals surface area (Å²) in [6, 6.07) is 0. The third-order valence-corrected chi connectivity index (χ3v) is 0.256. The second-order valence-electron chi connectivity index (χ2n) is 0.742. The average Bonchev–Trinajstić information content (AvgIpc) is 1.71. The zero-order valence-corrected chi connectivity index (χ0v) is 7.08. The van der Waals surface area contributed by atoms with Crippen molar-refractivity contribution in [3.05, 3.63) is 0 Å². The van der Waals surface area contributed by atoms with Crippen LogP contribution in [-0.4, -0.2) is 18.3 Å². The summed E-state index contributed by atoms with van der Waals surface area (Å²) in [5.74, 6) is 0. The van der Waals surface area contributed by atoms with Crippen molar-refractivity contribution in [2.24, 2.45) is 5.73 Å². The number of hydrogen-bond acceptors (Lipinski definition) is 3. The van der Waals surface area contributed by atoms with Gasteiger partial charge in [-0.25, -0.2) is 5.48 Å². The third-order valence-electron chi connectivity index (χ3n) is 0.256. The van der Waals surface area contributed by atoms with Gasteiger partial charge in [-0.1, -0.05) is 0 Å². The molecule has 3 nitrogen and oxygen atoms in total. The van der Waals surface area contributed by atoms with E-state index in [0.29, 0.717) is 13.1 Å². The molecule has 0 unspecified atom stereocenters. The Morgan fingerprint density at radius 1 is 1.62 bits per heavy atom. The van der Waals surface area contributed by atoms with Crippen LogP contribution in [0.1, 0.15) is 0 Å². The zero-order chi connectivity index (χ0) is 6.83. The predicted molar refractivity (Wildman–Crippen MR) is 30.5 cm³/mol. The Hall–Kier alpha value is 1.12. The summed E-state index contributed by atoms with van der Waals surface area (Å²) in [7, 11) is 9.63. The SMILES string of the molecule is NCCNO.[Cl][Pd][Cl]. The van der Waals surface area contributed by atoms with Crippen molar-refractivity contribution in [2.45, 2.75) is 0 Å². The van der Waals surface area contributed by atoms with Crippen LogP contribution in [0.4, 0.5) is 0 Å². The van der Waals surface area contributed by atoms with Crippen LogP contribution in [0.5, 0.6) is 0 Å². The van der Waals surface area contributed by atoms with Gasteiger partial charge in [0.25, 0.3) is 0 Å². The summed E-state index contributed by atoms with van der Waals surface area (Å²) >= 11 is -0.106. The van der Waals surface area contributed by atoms with Gasteiger partial charge in [-0.3, -0.25) is 0 Å². The van der Waals surface area contributed by atoms with Gasteiger partial charge in [-0.15, -0.1) is 0 Å². The zero-order valence-electron chi connectivity index (χ0n) is 4.01. The van der Waals surface area contributed by atoms with Crippen LogP contribution in [0.25, 0.3) is 0 Å². The quantitative estimate of drug-likeness (QED) is 0.490. The number of nitrogens with two attached hydrogens (primary N) is 1. The van der Waals surface area contributed by atoms with Gasteiger partial charge in [0.05, 0.1) is 0 Å². The van der Waals surface area contributed by atoms with Crippen LogP contribution in [-0.2, 0) is 15.9 Å². The average molecular weight is 253 g/mol. The van der Waals surface area contributed by atoms with E-state index in [-0.39, 0.29) is 15.9 Å². The summed E-state index contributed by atoms with van der Waals surface area (Å²) in [5, 5.41) is 7.74. The molecule has 0 aromatic rings. The molecule has 0 saturated heterocycles. The molecule has 0 saturated carbocycles. The molecule has 6 heteroatoms. The summed E-state index contributed by atoms with van der Waals surface area (Å²) < 4.78 is 0. The molecule has 0 rings (SSSR count). The van der Waals surface area contributed by atoms with Gasteiger partial charge in [0.1, 0.15) is 0 Å². The summed E-state index contributed by atoms with van der Waals surface area (Å²) in [6.07, 6.45) is 0. The minimum atomic E-state index is -0.106. The van der Waals surface area contributed by atoms with Crippen LogP contribution >= 0.6 is 19.1 Å². The molecule has 0 amide bonds. The van der Waals surface area contributed by atoms with Crippen LogP contribution in [0.3, 0.4) is 0 Å². The fourth-order valence-electron chi connectivity index (χ4n) is 0.0645. The molecule has 0 spiro atoms. The molecule has 56 valence electrons. The Kier molecular flexibility index (Phi) is 23.3. The minimum absolute atomic E-state index is 0.106. The molecule has 0 aliphatic heterocycles. The molecule has 0 aromatic carbocycles. The van der Waals surface area contributed by atoms with Gasteiger partial charge in [-0.2, -0.15) is 0 Å². The predicted octanol–water partition coefficient (Wildman–Crippen LogP) is 0.300. The van der Waals surface area contributed by atoms with E-state index in [2.05, 4.69) is 0 Å². The van der Waals surface area contributed by atoms with E-state index in [1.807, 2.05) is 5.48 Å². The number of hydrogen-bond donors (Lipinski definition) is 3. The monoisotopic (exact) mass is 252 g/mol. The summed E-state index contributed by atoms with van der Waals surface area (Å²) in [6.45, 7) is 0.955. The van der Waals surface area contributed by atoms with Crippen LogP contribution in [0, 0.1) is 0 Å². The van der Waals surface area contributed by atoms with Crippen molar-refractivity contribution in [3.63, 3.8) is 0 Å². The Morgan fingerprint density at radius 2 is 2.00 bits per heavy atom. The summed E-state index contributed by atoms with van der Waals surface area (Å²) in [4.78, 5) is 0. The van der Waals surface area contributed by atoms with Crippen LogP contribution in [0.15, 0.2) is 0 Å².